The van der Waals surface area contributed by atoms with Crippen molar-refractivity contribution in [2.75, 3.05) is 38.2 Å². The lowest BCUT2D eigenvalue weighted by Gasteiger charge is -2.35. The first-order valence-corrected chi connectivity index (χ1v) is 8.12. The quantitative estimate of drug-likeness (QED) is 0.854. The van der Waals surface area contributed by atoms with E-state index in [1.54, 1.807) is 31.6 Å². The number of carbonyl (C=O) groups excluding carboxylic acids is 1. The molecule has 1 aromatic heterocycles. The van der Waals surface area contributed by atoms with Gasteiger partial charge >= 0.3 is 0 Å². The van der Waals surface area contributed by atoms with Gasteiger partial charge in [-0.25, -0.2) is 9.97 Å². The van der Waals surface area contributed by atoms with Gasteiger partial charge < -0.3 is 14.5 Å². The van der Waals surface area contributed by atoms with Crippen molar-refractivity contribution in [1.82, 2.24) is 14.9 Å². The normalized spacial score (nSPS) is 14.6. The molecule has 7 heteroatoms. The number of nitrogens with zero attached hydrogens (tertiary/aromatic N) is 4. The summed E-state index contributed by atoms with van der Waals surface area (Å²) in [5.74, 6) is 1.38. The van der Waals surface area contributed by atoms with Crippen molar-refractivity contribution < 1.29 is 9.53 Å². The number of piperazine rings is 1. The second kappa shape index (κ2) is 7.05. The molecule has 126 valence electrons. The number of rotatable bonds is 3. The molecule has 0 saturated carbocycles. The van der Waals surface area contributed by atoms with E-state index in [1.807, 2.05) is 17.9 Å². The van der Waals surface area contributed by atoms with Crippen LogP contribution in [0.2, 0.25) is 5.02 Å². The number of anilines is 1. The van der Waals surface area contributed by atoms with Crippen molar-refractivity contribution in [2.24, 2.45) is 0 Å². The second-order valence-electron chi connectivity index (χ2n) is 5.64. The number of hydrogen-bond donors (Lipinski definition) is 0. The topological polar surface area (TPSA) is 58.6 Å². The van der Waals surface area contributed by atoms with E-state index in [1.165, 1.54) is 0 Å². The van der Waals surface area contributed by atoms with Gasteiger partial charge in [0.2, 0.25) is 0 Å². The van der Waals surface area contributed by atoms with Crippen LogP contribution in [0.15, 0.2) is 30.6 Å². The molecule has 0 aliphatic carbocycles. The van der Waals surface area contributed by atoms with Crippen LogP contribution in [0.5, 0.6) is 5.75 Å². The van der Waals surface area contributed by atoms with E-state index in [0.717, 1.165) is 24.6 Å². The Labute approximate surface area is 146 Å². The molecule has 0 bridgehead atoms. The summed E-state index contributed by atoms with van der Waals surface area (Å²) in [5.41, 5.74) is 1.43. The summed E-state index contributed by atoms with van der Waals surface area (Å²) in [7, 11) is 1.55. The largest absolute Gasteiger partial charge is 0.496 e. The molecule has 1 saturated heterocycles. The first-order chi connectivity index (χ1) is 11.6. The molecule has 24 heavy (non-hydrogen) atoms. The summed E-state index contributed by atoms with van der Waals surface area (Å²) >= 11 is 6.03. The monoisotopic (exact) mass is 346 g/mol. The lowest BCUT2D eigenvalue weighted by molar-refractivity contribution is 0.0743. The minimum absolute atomic E-state index is 0.0622. The first kappa shape index (κ1) is 16.5. The zero-order valence-electron chi connectivity index (χ0n) is 13.7. The molecule has 1 amide bonds. The molecule has 1 aliphatic heterocycles. The summed E-state index contributed by atoms with van der Waals surface area (Å²) in [6.45, 7) is 4.64. The van der Waals surface area contributed by atoms with Gasteiger partial charge in [-0.2, -0.15) is 0 Å². The molecule has 1 aromatic carbocycles. The summed E-state index contributed by atoms with van der Waals surface area (Å²) in [6, 6.07) is 7.04. The highest BCUT2D eigenvalue weighted by Gasteiger charge is 2.25. The molecule has 2 aromatic rings. The molecule has 0 atom stereocenters. The molecular weight excluding hydrogens is 328 g/mol. The van der Waals surface area contributed by atoms with Crippen molar-refractivity contribution in [2.45, 2.75) is 6.92 Å². The summed E-state index contributed by atoms with van der Waals surface area (Å²) < 4.78 is 5.28. The number of aromatic nitrogens is 2. The van der Waals surface area contributed by atoms with Crippen molar-refractivity contribution >= 4 is 23.3 Å². The van der Waals surface area contributed by atoms with Crippen LogP contribution in [0.25, 0.3) is 0 Å². The molecule has 6 nitrogen and oxygen atoms in total. The Kier molecular flexibility index (Phi) is 4.85. The third-order valence-corrected chi connectivity index (χ3v) is 4.31. The summed E-state index contributed by atoms with van der Waals surface area (Å²) in [4.78, 5) is 25.2. The number of carbonyl (C=O) groups is 1. The summed E-state index contributed by atoms with van der Waals surface area (Å²) in [5, 5.41) is 0.522. The number of hydrogen-bond acceptors (Lipinski definition) is 5. The van der Waals surface area contributed by atoms with Gasteiger partial charge in [0, 0.05) is 43.0 Å². The number of methoxy groups -OCH3 is 1. The maximum atomic E-state index is 12.8. The van der Waals surface area contributed by atoms with Gasteiger partial charge in [0.1, 0.15) is 17.9 Å². The van der Waals surface area contributed by atoms with Crippen molar-refractivity contribution in [1.29, 1.82) is 0 Å². The minimum Gasteiger partial charge on any atom is -0.496 e. The van der Waals surface area contributed by atoms with Crippen molar-refractivity contribution in [3.05, 3.63) is 46.9 Å². The van der Waals surface area contributed by atoms with Crippen LogP contribution in [0.1, 0.15) is 16.1 Å². The Hall–Kier alpha value is -2.34. The third-order valence-electron chi connectivity index (χ3n) is 4.07. The molecule has 1 fully saturated rings. The maximum absolute atomic E-state index is 12.8. The lowest BCUT2D eigenvalue weighted by atomic mass is 10.1. The van der Waals surface area contributed by atoms with Crippen molar-refractivity contribution in [3.8, 4) is 5.75 Å². The van der Waals surface area contributed by atoms with Crippen LogP contribution in [-0.2, 0) is 0 Å². The molecule has 0 spiro atoms. The van der Waals surface area contributed by atoms with E-state index >= 15 is 0 Å². The molecule has 0 radical (unpaired) electrons. The Balaban J connectivity index is 1.70. The SMILES string of the molecule is COc1ccc(Cl)cc1C(=O)N1CCN(c2cc(C)ncn2)CC1. The maximum Gasteiger partial charge on any atom is 0.257 e. The minimum atomic E-state index is -0.0622. The van der Waals surface area contributed by atoms with Crippen LogP contribution in [0, 0.1) is 6.92 Å². The van der Waals surface area contributed by atoms with Gasteiger partial charge in [-0.05, 0) is 25.1 Å². The van der Waals surface area contributed by atoms with Crippen LogP contribution in [0.3, 0.4) is 0 Å². The first-order valence-electron chi connectivity index (χ1n) is 7.75. The number of halogens is 1. The molecule has 1 aliphatic rings. The Bertz CT molecular complexity index is 745. The molecule has 0 N–H and O–H groups in total. The Morgan fingerprint density at radius 1 is 1.17 bits per heavy atom. The van der Waals surface area contributed by atoms with E-state index in [0.29, 0.717) is 29.4 Å². The fourth-order valence-electron chi connectivity index (χ4n) is 2.77. The highest BCUT2D eigenvalue weighted by atomic mass is 35.5. The fraction of sp³-hybridized carbons (Fsp3) is 0.353. The predicted molar refractivity (Wildman–Crippen MR) is 92.9 cm³/mol. The van der Waals surface area contributed by atoms with E-state index in [4.69, 9.17) is 16.3 Å². The zero-order valence-corrected chi connectivity index (χ0v) is 14.5. The number of benzene rings is 1. The third kappa shape index (κ3) is 3.43. The van der Waals surface area contributed by atoms with E-state index in [-0.39, 0.29) is 5.91 Å². The van der Waals surface area contributed by atoms with Gasteiger partial charge in [-0.15, -0.1) is 0 Å². The van der Waals surface area contributed by atoms with E-state index in [9.17, 15) is 4.79 Å². The standard InChI is InChI=1S/C17H19ClN4O2/c1-12-9-16(20-11-19-12)21-5-7-22(8-6-21)17(23)14-10-13(18)3-4-15(14)24-2/h3-4,9-11H,5-8H2,1-2H3. The van der Waals surface area contributed by atoms with Crippen LogP contribution in [0.4, 0.5) is 5.82 Å². The predicted octanol–water partition coefficient (Wildman–Crippen LogP) is 2.41. The van der Waals surface area contributed by atoms with Crippen LogP contribution >= 0.6 is 11.6 Å². The molecule has 2 heterocycles. The molecular formula is C17H19ClN4O2. The number of amides is 1. The number of ether oxygens (including phenoxy) is 1. The second-order valence-corrected chi connectivity index (χ2v) is 6.08. The van der Waals surface area contributed by atoms with Crippen LogP contribution in [-0.4, -0.2) is 54.1 Å². The van der Waals surface area contributed by atoms with Gasteiger partial charge in [0.25, 0.3) is 5.91 Å². The van der Waals surface area contributed by atoms with Gasteiger partial charge in [-0.3, -0.25) is 4.79 Å². The van der Waals surface area contributed by atoms with Gasteiger partial charge in [0.15, 0.2) is 0 Å². The summed E-state index contributed by atoms with van der Waals surface area (Å²) in [6.07, 6.45) is 1.57. The average Bonchev–Trinajstić information content (AvgIpc) is 2.61. The zero-order chi connectivity index (χ0) is 17.1. The van der Waals surface area contributed by atoms with E-state index < -0.39 is 0 Å². The highest BCUT2D eigenvalue weighted by molar-refractivity contribution is 6.31. The Morgan fingerprint density at radius 2 is 1.92 bits per heavy atom. The average molecular weight is 347 g/mol. The Morgan fingerprint density at radius 3 is 2.58 bits per heavy atom. The van der Waals surface area contributed by atoms with E-state index in [2.05, 4.69) is 14.9 Å². The van der Waals surface area contributed by atoms with Gasteiger partial charge in [0.05, 0.1) is 12.7 Å². The van der Waals surface area contributed by atoms with Crippen molar-refractivity contribution in [3.63, 3.8) is 0 Å². The molecule has 3 rings (SSSR count). The van der Waals surface area contributed by atoms with Crippen LogP contribution < -0.4 is 9.64 Å². The lowest BCUT2D eigenvalue weighted by Crippen LogP contribution is -2.49. The van der Waals surface area contributed by atoms with Gasteiger partial charge in [-0.1, -0.05) is 11.6 Å². The molecule has 0 unspecified atom stereocenters. The fourth-order valence-corrected chi connectivity index (χ4v) is 2.94. The smallest absolute Gasteiger partial charge is 0.257 e. The number of aryl methyl sites for hydroxylation is 1. The highest BCUT2D eigenvalue weighted by Crippen LogP contribution is 2.25.